The Morgan fingerprint density at radius 1 is 1.04 bits per heavy atom. The Labute approximate surface area is 166 Å². The Hall–Kier alpha value is -2.53. The summed E-state index contributed by atoms with van der Waals surface area (Å²) in [4.78, 5) is 17.0. The van der Waals surface area contributed by atoms with Crippen LogP contribution in [0, 0.1) is 0 Å². The van der Waals surface area contributed by atoms with Gasteiger partial charge in [0.1, 0.15) is 6.61 Å². The molecule has 0 aromatic heterocycles. The van der Waals surface area contributed by atoms with Crippen LogP contribution in [-0.2, 0) is 6.54 Å². The van der Waals surface area contributed by atoms with Gasteiger partial charge in [0.25, 0.3) is 5.91 Å². The molecule has 5 heteroatoms. The van der Waals surface area contributed by atoms with Crippen LogP contribution >= 0.6 is 0 Å². The highest BCUT2D eigenvalue weighted by Gasteiger charge is 2.24. The predicted molar refractivity (Wildman–Crippen MR) is 109 cm³/mol. The van der Waals surface area contributed by atoms with E-state index in [2.05, 4.69) is 17.0 Å². The maximum absolute atomic E-state index is 12.8. The number of carbonyl (C=O) groups is 1. The highest BCUT2D eigenvalue weighted by Crippen LogP contribution is 2.31. The number of hydrogen-bond acceptors (Lipinski definition) is 4. The summed E-state index contributed by atoms with van der Waals surface area (Å²) in [7, 11) is 1.81. The zero-order valence-corrected chi connectivity index (χ0v) is 16.5. The van der Waals surface area contributed by atoms with E-state index in [1.807, 2.05) is 43.4 Å². The number of hydrogen-bond donors (Lipinski definition) is 0. The average Bonchev–Trinajstić information content (AvgIpc) is 2.74. The number of amides is 1. The van der Waals surface area contributed by atoms with Gasteiger partial charge in [0.05, 0.1) is 6.54 Å². The van der Waals surface area contributed by atoms with E-state index in [-0.39, 0.29) is 12.0 Å². The third-order valence-electron chi connectivity index (χ3n) is 5.45. The molecule has 1 atom stereocenters. The van der Waals surface area contributed by atoms with Gasteiger partial charge in [-0.1, -0.05) is 30.7 Å². The predicted octanol–water partition coefficient (Wildman–Crippen LogP) is 3.58. The third kappa shape index (κ3) is 4.47. The van der Waals surface area contributed by atoms with Crippen LogP contribution in [0.25, 0.3) is 0 Å². The smallest absolute Gasteiger partial charge is 0.253 e. The molecule has 1 unspecified atom stereocenters. The number of rotatable bonds is 5. The van der Waals surface area contributed by atoms with Gasteiger partial charge in [-0.15, -0.1) is 0 Å². The second-order valence-corrected chi connectivity index (χ2v) is 7.72. The first kappa shape index (κ1) is 18.8. The van der Waals surface area contributed by atoms with Gasteiger partial charge in [-0.05, 0) is 55.8 Å². The zero-order chi connectivity index (χ0) is 19.3. The Balaban J connectivity index is 1.32. The summed E-state index contributed by atoms with van der Waals surface area (Å²) in [6, 6.07) is 15.7. The first-order valence-electron chi connectivity index (χ1n) is 10.1. The number of ether oxygens (including phenoxy) is 2. The summed E-state index contributed by atoms with van der Waals surface area (Å²) in [5, 5.41) is 0. The number of carbonyl (C=O) groups excluding carboxylic acids is 1. The van der Waals surface area contributed by atoms with Crippen molar-refractivity contribution in [2.45, 2.75) is 31.9 Å². The molecule has 28 heavy (non-hydrogen) atoms. The summed E-state index contributed by atoms with van der Waals surface area (Å²) in [5.41, 5.74) is 1.98. The molecule has 0 spiro atoms. The molecule has 1 saturated heterocycles. The fourth-order valence-corrected chi connectivity index (χ4v) is 3.89. The molecule has 1 fully saturated rings. The lowest BCUT2D eigenvalue weighted by atomic mass is 10.1. The Morgan fingerprint density at radius 2 is 1.75 bits per heavy atom. The van der Waals surface area contributed by atoms with Gasteiger partial charge in [-0.3, -0.25) is 9.69 Å². The third-order valence-corrected chi connectivity index (χ3v) is 5.45. The van der Waals surface area contributed by atoms with E-state index in [1.54, 1.807) is 4.90 Å². The van der Waals surface area contributed by atoms with Crippen molar-refractivity contribution in [3.8, 4) is 11.5 Å². The minimum Gasteiger partial charge on any atom is -0.486 e. The number of para-hydroxylation sites is 2. The van der Waals surface area contributed by atoms with E-state index in [9.17, 15) is 4.79 Å². The SMILES string of the molecule is CN(CC1COc2ccccc2O1)C(=O)c1ccc(CN2CCCCC2)cc1. The van der Waals surface area contributed by atoms with E-state index in [1.165, 1.54) is 37.9 Å². The van der Waals surface area contributed by atoms with Gasteiger partial charge in [-0.2, -0.15) is 0 Å². The Kier molecular flexibility index (Phi) is 5.81. The quantitative estimate of drug-likeness (QED) is 0.795. The van der Waals surface area contributed by atoms with E-state index < -0.39 is 0 Å². The van der Waals surface area contributed by atoms with Crippen LogP contribution in [0.2, 0.25) is 0 Å². The maximum atomic E-state index is 12.8. The van der Waals surface area contributed by atoms with Crippen molar-refractivity contribution >= 4 is 5.91 Å². The molecule has 4 rings (SSSR count). The number of benzene rings is 2. The molecule has 0 saturated carbocycles. The molecule has 2 aliphatic heterocycles. The van der Waals surface area contributed by atoms with Crippen molar-refractivity contribution in [3.63, 3.8) is 0 Å². The monoisotopic (exact) mass is 380 g/mol. The van der Waals surface area contributed by atoms with Crippen LogP contribution in [0.4, 0.5) is 0 Å². The molecule has 0 aliphatic carbocycles. The van der Waals surface area contributed by atoms with Crippen molar-refractivity contribution in [2.24, 2.45) is 0 Å². The summed E-state index contributed by atoms with van der Waals surface area (Å²) in [5.74, 6) is 1.51. The highest BCUT2D eigenvalue weighted by molar-refractivity contribution is 5.94. The molecule has 0 radical (unpaired) electrons. The van der Waals surface area contributed by atoms with Crippen LogP contribution in [0.5, 0.6) is 11.5 Å². The molecular weight excluding hydrogens is 352 g/mol. The van der Waals surface area contributed by atoms with Gasteiger partial charge in [0.15, 0.2) is 17.6 Å². The lowest BCUT2D eigenvalue weighted by Crippen LogP contribution is -2.41. The van der Waals surface area contributed by atoms with Crippen LogP contribution in [0.1, 0.15) is 35.2 Å². The molecule has 0 N–H and O–H groups in total. The van der Waals surface area contributed by atoms with Crippen molar-refractivity contribution in [2.75, 3.05) is 33.3 Å². The first-order valence-corrected chi connectivity index (χ1v) is 10.1. The molecule has 2 aromatic rings. The molecule has 2 heterocycles. The molecule has 148 valence electrons. The van der Waals surface area contributed by atoms with Gasteiger partial charge in [-0.25, -0.2) is 0 Å². The minimum absolute atomic E-state index is 0.00646. The lowest BCUT2D eigenvalue weighted by molar-refractivity contribution is 0.0521. The molecular formula is C23H28N2O3. The van der Waals surface area contributed by atoms with Crippen LogP contribution in [-0.4, -0.2) is 55.1 Å². The fraction of sp³-hybridized carbons (Fsp3) is 0.435. The van der Waals surface area contributed by atoms with Crippen molar-refractivity contribution < 1.29 is 14.3 Å². The topological polar surface area (TPSA) is 42.0 Å². The molecule has 2 aliphatic rings. The van der Waals surface area contributed by atoms with Crippen molar-refractivity contribution in [1.82, 2.24) is 9.80 Å². The van der Waals surface area contributed by atoms with Crippen molar-refractivity contribution in [1.29, 1.82) is 0 Å². The van der Waals surface area contributed by atoms with Gasteiger partial charge < -0.3 is 14.4 Å². The number of nitrogens with zero attached hydrogens (tertiary/aromatic N) is 2. The molecule has 2 aromatic carbocycles. The second kappa shape index (κ2) is 8.65. The summed E-state index contributed by atoms with van der Waals surface area (Å²) < 4.78 is 11.7. The lowest BCUT2D eigenvalue weighted by Gasteiger charge is -2.29. The van der Waals surface area contributed by atoms with Crippen LogP contribution < -0.4 is 9.47 Å². The van der Waals surface area contributed by atoms with Crippen molar-refractivity contribution in [3.05, 3.63) is 59.7 Å². The number of likely N-dealkylation sites (tertiary alicyclic amines) is 1. The van der Waals surface area contributed by atoms with Crippen LogP contribution in [0.3, 0.4) is 0 Å². The zero-order valence-electron chi connectivity index (χ0n) is 16.5. The van der Waals surface area contributed by atoms with Gasteiger partial charge in [0, 0.05) is 19.2 Å². The van der Waals surface area contributed by atoms with Gasteiger partial charge >= 0.3 is 0 Å². The Morgan fingerprint density at radius 3 is 2.50 bits per heavy atom. The van der Waals surface area contributed by atoms with Crippen LogP contribution in [0.15, 0.2) is 48.5 Å². The number of likely N-dealkylation sites (N-methyl/N-ethyl adjacent to an activating group) is 1. The first-order chi connectivity index (χ1) is 13.7. The number of piperidine rings is 1. The summed E-state index contributed by atoms with van der Waals surface area (Å²) in [6.07, 6.45) is 3.76. The summed E-state index contributed by atoms with van der Waals surface area (Å²) in [6.45, 7) is 4.26. The minimum atomic E-state index is -0.165. The summed E-state index contributed by atoms with van der Waals surface area (Å²) >= 11 is 0. The van der Waals surface area contributed by atoms with Gasteiger partial charge in [0.2, 0.25) is 0 Å². The molecule has 5 nitrogen and oxygen atoms in total. The normalized spacial score (nSPS) is 19.2. The largest absolute Gasteiger partial charge is 0.486 e. The highest BCUT2D eigenvalue weighted by atomic mass is 16.6. The average molecular weight is 380 g/mol. The molecule has 1 amide bonds. The van der Waals surface area contributed by atoms with E-state index in [0.29, 0.717) is 18.7 Å². The second-order valence-electron chi connectivity index (χ2n) is 7.72. The van der Waals surface area contributed by atoms with E-state index in [0.717, 1.165) is 18.0 Å². The standard InChI is InChI=1S/C23H28N2O3/c1-24(16-20-17-27-21-7-3-4-8-22(21)28-20)23(26)19-11-9-18(10-12-19)15-25-13-5-2-6-14-25/h3-4,7-12,20H,2,5-6,13-17H2,1H3. The molecule has 0 bridgehead atoms. The fourth-order valence-electron chi connectivity index (χ4n) is 3.89. The van der Waals surface area contributed by atoms with E-state index >= 15 is 0 Å². The maximum Gasteiger partial charge on any atom is 0.253 e. The Bertz CT molecular complexity index is 800. The number of fused-ring (bicyclic) bond motifs is 1. The van der Waals surface area contributed by atoms with E-state index in [4.69, 9.17) is 9.47 Å².